The number of halogens is 3. The first kappa shape index (κ1) is 18.1. The van der Waals surface area contributed by atoms with Crippen molar-refractivity contribution in [2.45, 2.75) is 18.3 Å². The highest BCUT2D eigenvalue weighted by molar-refractivity contribution is 6.03. The average molecular weight is 396 g/mol. The SMILES string of the molecule is NC(=O)c1cc2ccnc(N3CC4NC(=O)OC4C3)c2cc1OCC(F)(F)F. The summed E-state index contributed by atoms with van der Waals surface area (Å²) in [6, 6.07) is 4.13. The van der Waals surface area contributed by atoms with E-state index in [0.717, 1.165) is 0 Å². The van der Waals surface area contributed by atoms with Crippen molar-refractivity contribution < 1.29 is 32.2 Å². The van der Waals surface area contributed by atoms with Gasteiger partial charge in [-0.05, 0) is 23.6 Å². The van der Waals surface area contributed by atoms with Crippen molar-refractivity contribution in [2.75, 3.05) is 24.6 Å². The maximum Gasteiger partial charge on any atom is 0.422 e. The Bertz CT molecular complexity index is 949. The number of nitrogens with one attached hydrogen (secondary N) is 1. The lowest BCUT2D eigenvalue weighted by Crippen LogP contribution is -2.32. The Labute approximate surface area is 156 Å². The largest absolute Gasteiger partial charge is 0.483 e. The summed E-state index contributed by atoms with van der Waals surface area (Å²) < 4.78 is 47.7. The lowest BCUT2D eigenvalue weighted by molar-refractivity contribution is -0.153. The van der Waals surface area contributed by atoms with Crippen LogP contribution in [0.4, 0.5) is 23.8 Å². The van der Waals surface area contributed by atoms with Crippen LogP contribution in [0.15, 0.2) is 24.4 Å². The maximum atomic E-state index is 12.6. The lowest BCUT2D eigenvalue weighted by Gasteiger charge is -2.21. The van der Waals surface area contributed by atoms with E-state index in [4.69, 9.17) is 15.2 Å². The van der Waals surface area contributed by atoms with Gasteiger partial charge in [-0.15, -0.1) is 0 Å². The van der Waals surface area contributed by atoms with Crippen molar-refractivity contribution in [1.82, 2.24) is 10.3 Å². The van der Waals surface area contributed by atoms with Crippen LogP contribution in [-0.4, -0.2) is 55.0 Å². The molecule has 2 amide bonds. The van der Waals surface area contributed by atoms with Gasteiger partial charge in [0.2, 0.25) is 0 Å². The molecule has 2 atom stereocenters. The molecule has 1 aromatic carbocycles. The van der Waals surface area contributed by atoms with E-state index in [1.807, 2.05) is 4.90 Å². The molecular weight excluding hydrogens is 381 g/mol. The fraction of sp³-hybridized carbons (Fsp3) is 0.353. The summed E-state index contributed by atoms with van der Waals surface area (Å²) in [5, 5.41) is 3.76. The van der Waals surface area contributed by atoms with Gasteiger partial charge in [0, 0.05) is 18.1 Å². The number of hydrogen-bond acceptors (Lipinski definition) is 6. The van der Waals surface area contributed by atoms with Crippen molar-refractivity contribution in [1.29, 1.82) is 0 Å². The van der Waals surface area contributed by atoms with Crippen molar-refractivity contribution in [2.24, 2.45) is 5.73 Å². The number of amides is 2. The number of nitrogens with zero attached hydrogens (tertiary/aromatic N) is 2. The van der Waals surface area contributed by atoms with Crippen molar-refractivity contribution in [3.05, 3.63) is 30.0 Å². The molecule has 11 heteroatoms. The molecule has 2 aliphatic rings. The first-order valence-corrected chi connectivity index (χ1v) is 8.35. The monoisotopic (exact) mass is 396 g/mol. The van der Waals surface area contributed by atoms with Gasteiger partial charge in [0.1, 0.15) is 17.7 Å². The summed E-state index contributed by atoms with van der Waals surface area (Å²) >= 11 is 0. The molecule has 3 N–H and O–H groups in total. The lowest BCUT2D eigenvalue weighted by atomic mass is 10.1. The van der Waals surface area contributed by atoms with E-state index in [0.29, 0.717) is 29.7 Å². The van der Waals surface area contributed by atoms with Crippen LogP contribution in [0.5, 0.6) is 5.75 Å². The topological polar surface area (TPSA) is 107 Å². The van der Waals surface area contributed by atoms with Crippen LogP contribution in [-0.2, 0) is 4.74 Å². The number of aromatic nitrogens is 1. The van der Waals surface area contributed by atoms with Gasteiger partial charge in [-0.1, -0.05) is 0 Å². The number of carbonyl (C=O) groups is 2. The van der Waals surface area contributed by atoms with Crippen LogP contribution in [0.1, 0.15) is 10.4 Å². The molecule has 4 rings (SSSR count). The minimum atomic E-state index is -4.57. The van der Waals surface area contributed by atoms with Crippen molar-refractivity contribution in [3.8, 4) is 5.75 Å². The number of alkyl halides is 3. The Balaban J connectivity index is 1.72. The second-order valence-corrected chi connectivity index (χ2v) is 6.57. The number of carbonyl (C=O) groups excluding carboxylic acids is 2. The van der Waals surface area contributed by atoms with Crippen LogP contribution < -0.4 is 20.7 Å². The molecule has 2 saturated heterocycles. The summed E-state index contributed by atoms with van der Waals surface area (Å²) in [6.45, 7) is -0.743. The van der Waals surface area contributed by atoms with Crippen LogP contribution >= 0.6 is 0 Å². The second-order valence-electron chi connectivity index (χ2n) is 6.57. The normalized spacial score (nSPS) is 21.4. The summed E-state index contributed by atoms with van der Waals surface area (Å²) in [6.07, 6.45) is -3.86. The zero-order valence-corrected chi connectivity index (χ0v) is 14.3. The number of fused-ring (bicyclic) bond motifs is 2. The summed E-state index contributed by atoms with van der Waals surface area (Å²) in [5.41, 5.74) is 5.15. The van der Waals surface area contributed by atoms with Gasteiger partial charge in [-0.25, -0.2) is 9.78 Å². The molecule has 28 heavy (non-hydrogen) atoms. The van der Waals surface area contributed by atoms with E-state index < -0.39 is 24.8 Å². The van der Waals surface area contributed by atoms with E-state index >= 15 is 0 Å². The fourth-order valence-electron chi connectivity index (χ4n) is 3.44. The minimum Gasteiger partial charge on any atom is -0.483 e. The third-order valence-electron chi connectivity index (χ3n) is 4.63. The summed E-state index contributed by atoms with van der Waals surface area (Å²) in [5.74, 6) is -0.683. The number of primary amides is 1. The van der Waals surface area contributed by atoms with Gasteiger partial charge in [0.15, 0.2) is 6.61 Å². The fourth-order valence-corrected chi connectivity index (χ4v) is 3.44. The van der Waals surface area contributed by atoms with Gasteiger partial charge in [0.25, 0.3) is 5.91 Å². The quantitative estimate of drug-likeness (QED) is 0.813. The molecule has 8 nitrogen and oxygen atoms in total. The number of nitrogens with two attached hydrogens (primary N) is 1. The van der Waals surface area contributed by atoms with Crippen molar-refractivity contribution >= 4 is 28.6 Å². The maximum absolute atomic E-state index is 12.6. The molecule has 0 saturated carbocycles. The Morgan fingerprint density at radius 3 is 2.86 bits per heavy atom. The summed E-state index contributed by atoms with van der Waals surface area (Å²) in [4.78, 5) is 29.1. The Hall–Kier alpha value is -3.24. The van der Waals surface area contributed by atoms with Crippen LogP contribution in [0.2, 0.25) is 0 Å². The number of rotatable bonds is 4. The highest BCUT2D eigenvalue weighted by Gasteiger charge is 2.42. The minimum absolute atomic E-state index is 0.150. The van der Waals surface area contributed by atoms with E-state index in [-0.39, 0.29) is 23.5 Å². The smallest absolute Gasteiger partial charge is 0.422 e. The zero-order chi connectivity index (χ0) is 20.1. The molecule has 2 unspecified atom stereocenters. The molecule has 0 spiro atoms. The van der Waals surface area contributed by atoms with Gasteiger partial charge >= 0.3 is 12.3 Å². The molecular formula is C17H15F3N4O4. The number of alkyl carbamates (subject to hydrolysis) is 1. The van der Waals surface area contributed by atoms with Crippen LogP contribution in [0.25, 0.3) is 10.8 Å². The van der Waals surface area contributed by atoms with E-state index in [1.165, 1.54) is 18.3 Å². The first-order valence-electron chi connectivity index (χ1n) is 8.35. The second kappa shape index (κ2) is 6.43. The summed E-state index contributed by atoms with van der Waals surface area (Å²) in [7, 11) is 0. The molecule has 0 radical (unpaired) electrons. The molecule has 2 fully saturated rings. The van der Waals surface area contributed by atoms with Gasteiger partial charge in [0.05, 0.1) is 18.2 Å². The molecule has 3 heterocycles. The molecule has 2 aromatic rings. The Kier molecular flexibility index (Phi) is 4.16. The van der Waals surface area contributed by atoms with E-state index in [9.17, 15) is 22.8 Å². The highest BCUT2D eigenvalue weighted by Crippen LogP contribution is 2.34. The van der Waals surface area contributed by atoms with Gasteiger partial charge < -0.3 is 25.4 Å². The average Bonchev–Trinajstić information content (AvgIpc) is 3.15. The van der Waals surface area contributed by atoms with E-state index in [1.54, 1.807) is 6.07 Å². The van der Waals surface area contributed by atoms with Crippen LogP contribution in [0.3, 0.4) is 0 Å². The number of ether oxygens (including phenoxy) is 2. The Morgan fingerprint density at radius 2 is 2.18 bits per heavy atom. The first-order chi connectivity index (χ1) is 13.2. The standard InChI is InChI=1S/C17H15F3N4O4/c18-17(19,20)7-27-12-4-9-8(3-10(12)14(21)25)1-2-22-15(9)24-5-11-13(6-24)28-16(26)23-11/h1-4,11,13H,5-7H2,(H2,21,25)(H,23,26). The predicted octanol–water partition coefficient (Wildman–Crippen LogP) is 1.57. The number of benzene rings is 1. The van der Waals surface area contributed by atoms with Crippen LogP contribution in [0, 0.1) is 0 Å². The van der Waals surface area contributed by atoms with E-state index in [2.05, 4.69) is 10.3 Å². The molecule has 0 bridgehead atoms. The highest BCUT2D eigenvalue weighted by atomic mass is 19.4. The van der Waals surface area contributed by atoms with Gasteiger partial charge in [-0.2, -0.15) is 13.2 Å². The third-order valence-corrected chi connectivity index (χ3v) is 4.63. The third kappa shape index (κ3) is 3.35. The zero-order valence-electron chi connectivity index (χ0n) is 14.3. The molecule has 2 aliphatic heterocycles. The predicted molar refractivity (Wildman–Crippen MR) is 91.2 cm³/mol. The van der Waals surface area contributed by atoms with Gasteiger partial charge in [-0.3, -0.25) is 4.79 Å². The molecule has 148 valence electrons. The number of anilines is 1. The number of pyridine rings is 1. The van der Waals surface area contributed by atoms with Crippen molar-refractivity contribution in [3.63, 3.8) is 0 Å². The molecule has 1 aromatic heterocycles. The number of hydrogen-bond donors (Lipinski definition) is 2. The molecule has 0 aliphatic carbocycles. The Morgan fingerprint density at radius 1 is 1.39 bits per heavy atom.